The van der Waals surface area contributed by atoms with Crippen LogP contribution in [0.4, 0.5) is 5.13 Å². The van der Waals surface area contributed by atoms with Crippen LogP contribution in [0.2, 0.25) is 0 Å². The van der Waals surface area contributed by atoms with Gasteiger partial charge in [0, 0.05) is 42.3 Å². The molecule has 0 aliphatic carbocycles. The van der Waals surface area contributed by atoms with E-state index >= 15 is 0 Å². The summed E-state index contributed by atoms with van der Waals surface area (Å²) in [6, 6.07) is 6.86. The predicted molar refractivity (Wildman–Crippen MR) is 125 cm³/mol. The summed E-state index contributed by atoms with van der Waals surface area (Å²) in [4.78, 5) is 9.93. The van der Waals surface area contributed by atoms with Crippen LogP contribution in [0.15, 0.2) is 24.4 Å². The van der Waals surface area contributed by atoms with Crippen LogP contribution in [0.3, 0.4) is 0 Å². The minimum Gasteiger partial charge on any atom is -0.472 e. The van der Waals surface area contributed by atoms with E-state index in [1.807, 2.05) is 7.05 Å². The summed E-state index contributed by atoms with van der Waals surface area (Å²) in [6.07, 6.45) is 3.95. The van der Waals surface area contributed by atoms with Crippen molar-refractivity contribution >= 4 is 16.5 Å². The number of piperidine rings is 1. The van der Waals surface area contributed by atoms with Crippen molar-refractivity contribution in [2.24, 2.45) is 7.05 Å². The smallest absolute Gasteiger partial charge is 0.234 e. The molecule has 0 spiro atoms. The van der Waals surface area contributed by atoms with Gasteiger partial charge in [-0.2, -0.15) is 20.0 Å². The minimum atomic E-state index is 0.0946. The summed E-state index contributed by atoms with van der Waals surface area (Å²) in [6.45, 7) is 9.67. The Hall–Kier alpha value is -2.45. The number of thiazole rings is 1. The van der Waals surface area contributed by atoms with Gasteiger partial charge in [0.15, 0.2) is 5.13 Å². The van der Waals surface area contributed by atoms with Crippen LogP contribution in [0.25, 0.3) is 21.7 Å². The molecule has 0 amide bonds. The van der Waals surface area contributed by atoms with Crippen LogP contribution >= 0.6 is 11.3 Å². The maximum Gasteiger partial charge on any atom is 0.234 e. The van der Waals surface area contributed by atoms with E-state index in [0.29, 0.717) is 12.6 Å². The average molecular weight is 439 g/mol. The Labute approximate surface area is 187 Å². The van der Waals surface area contributed by atoms with Gasteiger partial charge in [0.1, 0.15) is 17.2 Å². The summed E-state index contributed by atoms with van der Waals surface area (Å²) < 4.78 is 6.07. The van der Waals surface area contributed by atoms with Crippen LogP contribution in [-0.2, 0) is 13.7 Å². The first-order valence-corrected chi connectivity index (χ1v) is 11.6. The standard InChI is InChI=1S/C23H30N6OS/c1-22(2)10-16(11-23(3,4)27-22)28(5)21-25-20-19(31-21)17-8-7-14(9-15(17)13-30-20)18-12-24-29(6)26-18/h7-9,12,16,27H,10-11,13H2,1-6H3. The van der Waals surface area contributed by atoms with Gasteiger partial charge < -0.3 is 15.0 Å². The number of aromatic nitrogens is 4. The highest BCUT2D eigenvalue weighted by atomic mass is 32.1. The zero-order valence-electron chi connectivity index (χ0n) is 19.1. The van der Waals surface area contributed by atoms with Gasteiger partial charge in [0.2, 0.25) is 5.88 Å². The predicted octanol–water partition coefficient (Wildman–Crippen LogP) is 4.24. The summed E-state index contributed by atoms with van der Waals surface area (Å²) in [7, 11) is 4.00. The fourth-order valence-corrected chi connectivity index (χ4v) is 6.24. The van der Waals surface area contributed by atoms with Crippen LogP contribution in [-0.4, -0.2) is 44.1 Å². The van der Waals surface area contributed by atoms with E-state index in [1.54, 1.807) is 22.3 Å². The molecule has 0 atom stereocenters. The van der Waals surface area contributed by atoms with E-state index in [9.17, 15) is 0 Å². The SMILES string of the molecule is CN(c1nc2c(s1)-c1ccc(-c3cnn(C)n3)cc1CO2)C1CC(C)(C)NC(C)(C)C1. The first-order valence-electron chi connectivity index (χ1n) is 10.8. The molecule has 1 fully saturated rings. The first-order chi connectivity index (χ1) is 14.6. The molecule has 164 valence electrons. The molecular formula is C23H30N6OS. The van der Waals surface area contributed by atoms with Crippen LogP contribution < -0.4 is 15.0 Å². The van der Waals surface area contributed by atoms with Crippen molar-refractivity contribution in [2.45, 2.75) is 64.3 Å². The van der Waals surface area contributed by atoms with Gasteiger partial charge in [-0.05, 0) is 52.2 Å². The van der Waals surface area contributed by atoms with E-state index in [-0.39, 0.29) is 11.1 Å². The lowest BCUT2D eigenvalue weighted by atomic mass is 9.79. The quantitative estimate of drug-likeness (QED) is 0.660. The number of benzene rings is 1. The van der Waals surface area contributed by atoms with Crippen molar-refractivity contribution in [3.05, 3.63) is 30.0 Å². The lowest BCUT2D eigenvalue weighted by Gasteiger charge is -2.48. The van der Waals surface area contributed by atoms with E-state index < -0.39 is 0 Å². The number of aryl methyl sites for hydroxylation is 1. The van der Waals surface area contributed by atoms with Gasteiger partial charge in [-0.25, -0.2) is 0 Å². The molecule has 7 nitrogen and oxygen atoms in total. The molecule has 1 N–H and O–H groups in total. The van der Waals surface area contributed by atoms with E-state index in [0.717, 1.165) is 45.6 Å². The van der Waals surface area contributed by atoms with Crippen molar-refractivity contribution in [1.82, 2.24) is 25.3 Å². The number of nitrogens with zero attached hydrogens (tertiary/aromatic N) is 5. The Morgan fingerprint density at radius 1 is 1.19 bits per heavy atom. The van der Waals surface area contributed by atoms with Crippen LogP contribution in [0.1, 0.15) is 46.1 Å². The lowest BCUT2D eigenvalue weighted by molar-refractivity contribution is 0.161. The average Bonchev–Trinajstić information content (AvgIpc) is 3.30. The summed E-state index contributed by atoms with van der Waals surface area (Å²) in [5.74, 6) is 0.749. The van der Waals surface area contributed by atoms with Crippen molar-refractivity contribution in [3.8, 4) is 27.6 Å². The molecule has 0 unspecified atom stereocenters. The molecule has 0 radical (unpaired) electrons. The second kappa shape index (κ2) is 7.03. The maximum atomic E-state index is 6.07. The largest absolute Gasteiger partial charge is 0.472 e. The van der Waals surface area contributed by atoms with Crippen LogP contribution in [0, 0.1) is 0 Å². The lowest BCUT2D eigenvalue weighted by Crippen LogP contribution is -2.61. The zero-order valence-corrected chi connectivity index (χ0v) is 19.9. The van der Waals surface area contributed by atoms with Gasteiger partial charge >= 0.3 is 0 Å². The normalized spacial score (nSPS) is 19.4. The Kier molecular flexibility index (Phi) is 4.64. The Morgan fingerprint density at radius 2 is 1.94 bits per heavy atom. The van der Waals surface area contributed by atoms with E-state index in [2.05, 4.69) is 73.4 Å². The first kappa shape index (κ1) is 20.5. The number of hydrogen-bond donors (Lipinski definition) is 1. The van der Waals surface area contributed by atoms with E-state index in [1.165, 1.54) is 5.56 Å². The number of ether oxygens (including phenoxy) is 1. The molecule has 0 bridgehead atoms. The summed E-state index contributed by atoms with van der Waals surface area (Å²) in [5.41, 5.74) is 4.49. The molecule has 2 aromatic heterocycles. The van der Waals surface area contributed by atoms with Crippen molar-refractivity contribution in [3.63, 3.8) is 0 Å². The second-order valence-corrected chi connectivity index (χ2v) is 11.1. The summed E-state index contributed by atoms with van der Waals surface area (Å²) in [5, 5.41) is 13.4. The number of hydrogen-bond acceptors (Lipinski definition) is 7. The van der Waals surface area contributed by atoms with Gasteiger partial charge in [-0.1, -0.05) is 23.5 Å². The fourth-order valence-electron chi connectivity index (χ4n) is 5.13. The van der Waals surface area contributed by atoms with Crippen LogP contribution in [0.5, 0.6) is 5.88 Å². The molecule has 2 aliphatic heterocycles. The highest BCUT2D eigenvalue weighted by Gasteiger charge is 2.40. The molecule has 8 heteroatoms. The molecule has 3 aromatic rings. The molecule has 31 heavy (non-hydrogen) atoms. The minimum absolute atomic E-state index is 0.0946. The Bertz CT molecular complexity index is 1120. The second-order valence-electron chi connectivity index (χ2n) is 10.1. The number of rotatable bonds is 3. The molecule has 0 saturated carbocycles. The molecule has 1 saturated heterocycles. The van der Waals surface area contributed by atoms with E-state index in [4.69, 9.17) is 9.72 Å². The maximum absolute atomic E-state index is 6.07. The van der Waals surface area contributed by atoms with Gasteiger partial charge in [0.25, 0.3) is 0 Å². The fraction of sp³-hybridized carbons (Fsp3) is 0.522. The molecular weight excluding hydrogens is 408 g/mol. The van der Waals surface area contributed by atoms with Gasteiger partial charge in [-0.15, -0.1) is 0 Å². The monoisotopic (exact) mass is 438 g/mol. The highest BCUT2D eigenvalue weighted by Crippen LogP contribution is 2.46. The molecule has 5 rings (SSSR count). The van der Waals surface area contributed by atoms with Crippen molar-refractivity contribution < 1.29 is 4.74 Å². The Balaban J connectivity index is 1.44. The molecule has 4 heterocycles. The van der Waals surface area contributed by atoms with Gasteiger partial charge in [0.05, 0.1) is 6.20 Å². The van der Waals surface area contributed by atoms with Crippen molar-refractivity contribution in [2.75, 3.05) is 11.9 Å². The highest BCUT2D eigenvalue weighted by molar-refractivity contribution is 7.19. The zero-order chi connectivity index (χ0) is 22.0. The summed E-state index contributed by atoms with van der Waals surface area (Å²) >= 11 is 1.72. The third-order valence-corrected chi connectivity index (χ3v) is 7.37. The number of anilines is 1. The topological polar surface area (TPSA) is 68.1 Å². The van der Waals surface area contributed by atoms with Gasteiger partial charge in [-0.3, -0.25) is 0 Å². The molecule has 2 aliphatic rings. The number of fused-ring (bicyclic) bond motifs is 3. The third-order valence-electron chi connectivity index (χ3n) is 6.21. The van der Waals surface area contributed by atoms with Crippen molar-refractivity contribution in [1.29, 1.82) is 0 Å². The number of nitrogens with one attached hydrogen (secondary N) is 1. The Morgan fingerprint density at radius 3 is 2.61 bits per heavy atom. The molecule has 1 aromatic carbocycles. The third kappa shape index (κ3) is 3.83.